The van der Waals surface area contributed by atoms with E-state index in [2.05, 4.69) is 62.0 Å². The Morgan fingerprint density at radius 1 is 1.35 bits per heavy atom. The largest absolute Gasteiger partial charge is 0.240 e. The number of hydrogen-bond acceptors (Lipinski definition) is 3. The Morgan fingerprint density at radius 2 is 2.12 bits per heavy atom. The van der Waals surface area contributed by atoms with Crippen molar-refractivity contribution < 1.29 is 0 Å². The first-order chi connectivity index (χ1) is 8.11. The summed E-state index contributed by atoms with van der Waals surface area (Å²) in [4.78, 5) is 4.60. The molecular weight excluding hydrogens is 246 g/mol. The van der Waals surface area contributed by atoms with Crippen molar-refractivity contribution in [3.63, 3.8) is 0 Å². The molecule has 0 spiro atoms. The molecule has 0 aliphatic heterocycles. The number of rotatable bonds is 3. The Kier molecular flexibility index (Phi) is 3.89. The zero-order valence-electron chi connectivity index (χ0n) is 10.4. The quantitative estimate of drug-likeness (QED) is 0.794. The molecule has 90 valence electrons. The second-order valence-corrected chi connectivity index (χ2v) is 5.77. The predicted octanol–water partition coefficient (Wildman–Crippen LogP) is 4.67. The lowest BCUT2D eigenvalue weighted by Crippen LogP contribution is -1.91. The molecule has 0 unspecified atom stereocenters. The van der Waals surface area contributed by atoms with Crippen LogP contribution in [0, 0.1) is 6.92 Å². The summed E-state index contributed by atoms with van der Waals surface area (Å²) in [5.41, 5.74) is 4.98. The van der Waals surface area contributed by atoms with Crippen LogP contribution in [0.4, 0.5) is 0 Å². The van der Waals surface area contributed by atoms with Crippen LogP contribution in [0.5, 0.6) is 0 Å². The van der Waals surface area contributed by atoms with Gasteiger partial charge in [-0.15, -0.1) is 11.3 Å². The van der Waals surface area contributed by atoms with Crippen LogP contribution in [-0.2, 0) is 5.75 Å². The number of aryl methyl sites for hydroxylation is 1. The molecule has 2 rings (SSSR count). The normalized spacial score (nSPS) is 11.1. The number of benzene rings is 1. The SMILES string of the molecule is Cc1ccc(C(C)C)cc1-c1csc(CS)n1. The van der Waals surface area contributed by atoms with E-state index in [0.717, 1.165) is 10.7 Å². The second kappa shape index (κ2) is 5.23. The first-order valence-corrected chi connectivity index (χ1v) is 7.29. The minimum atomic E-state index is 0.553. The fourth-order valence-corrected chi connectivity index (χ4v) is 2.73. The maximum atomic E-state index is 4.60. The molecule has 0 radical (unpaired) electrons. The van der Waals surface area contributed by atoms with Gasteiger partial charge in [-0.1, -0.05) is 26.0 Å². The number of aromatic nitrogens is 1. The fraction of sp³-hybridized carbons (Fsp3) is 0.357. The Labute approximate surface area is 112 Å². The summed E-state index contributed by atoms with van der Waals surface area (Å²) in [5.74, 6) is 1.27. The van der Waals surface area contributed by atoms with Gasteiger partial charge in [-0.05, 0) is 30.0 Å². The van der Waals surface area contributed by atoms with Gasteiger partial charge in [-0.3, -0.25) is 0 Å². The van der Waals surface area contributed by atoms with E-state index in [0.29, 0.717) is 11.7 Å². The molecule has 1 heterocycles. The van der Waals surface area contributed by atoms with Gasteiger partial charge >= 0.3 is 0 Å². The van der Waals surface area contributed by atoms with E-state index in [4.69, 9.17) is 0 Å². The summed E-state index contributed by atoms with van der Waals surface area (Å²) in [6.07, 6.45) is 0. The van der Waals surface area contributed by atoms with Crippen LogP contribution < -0.4 is 0 Å². The van der Waals surface area contributed by atoms with Crippen LogP contribution in [0.25, 0.3) is 11.3 Å². The van der Waals surface area contributed by atoms with Gasteiger partial charge in [-0.25, -0.2) is 4.98 Å². The highest BCUT2D eigenvalue weighted by Gasteiger charge is 2.09. The molecule has 0 fully saturated rings. The van der Waals surface area contributed by atoms with Gasteiger partial charge in [0.2, 0.25) is 0 Å². The van der Waals surface area contributed by atoms with Crippen LogP contribution in [0.1, 0.15) is 35.9 Å². The molecule has 1 aromatic heterocycles. The van der Waals surface area contributed by atoms with E-state index in [1.807, 2.05) is 0 Å². The van der Waals surface area contributed by atoms with Crippen molar-refractivity contribution in [3.05, 3.63) is 39.7 Å². The highest BCUT2D eigenvalue weighted by Crippen LogP contribution is 2.28. The highest BCUT2D eigenvalue weighted by atomic mass is 32.1. The summed E-state index contributed by atoms with van der Waals surface area (Å²) < 4.78 is 0. The van der Waals surface area contributed by atoms with Gasteiger partial charge < -0.3 is 0 Å². The maximum absolute atomic E-state index is 4.60. The van der Waals surface area contributed by atoms with E-state index in [1.54, 1.807) is 11.3 Å². The predicted molar refractivity (Wildman–Crippen MR) is 79.1 cm³/mol. The Hall–Kier alpha value is -0.800. The zero-order valence-corrected chi connectivity index (χ0v) is 12.1. The van der Waals surface area contributed by atoms with Crippen molar-refractivity contribution in [1.82, 2.24) is 4.98 Å². The molecule has 0 saturated heterocycles. The number of thiol groups is 1. The fourth-order valence-electron chi connectivity index (χ4n) is 1.78. The van der Waals surface area contributed by atoms with E-state index >= 15 is 0 Å². The lowest BCUT2D eigenvalue weighted by atomic mass is 9.97. The van der Waals surface area contributed by atoms with Gasteiger partial charge in [0, 0.05) is 16.7 Å². The van der Waals surface area contributed by atoms with E-state index < -0.39 is 0 Å². The first-order valence-electron chi connectivity index (χ1n) is 5.78. The molecule has 3 heteroatoms. The van der Waals surface area contributed by atoms with Crippen molar-refractivity contribution in [3.8, 4) is 11.3 Å². The number of nitrogens with zero attached hydrogens (tertiary/aromatic N) is 1. The van der Waals surface area contributed by atoms with Gasteiger partial charge in [0.25, 0.3) is 0 Å². The van der Waals surface area contributed by atoms with Crippen LogP contribution >= 0.6 is 24.0 Å². The molecular formula is C14H17NS2. The molecule has 0 aliphatic carbocycles. The molecule has 0 bridgehead atoms. The standard InChI is InChI=1S/C14H17NS2/c1-9(2)11-5-4-10(3)12(6-11)13-8-17-14(7-16)15-13/h4-6,8-9,16H,7H2,1-3H3. The lowest BCUT2D eigenvalue weighted by molar-refractivity contribution is 0.866. The maximum Gasteiger partial charge on any atom is 0.103 e. The average Bonchev–Trinajstić information content (AvgIpc) is 2.77. The van der Waals surface area contributed by atoms with Crippen LogP contribution in [-0.4, -0.2) is 4.98 Å². The van der Waals surface area contributed by atoms with Crippen LogP contribution in [0.15, 0.2) is 23.6 Å². The van der Waals surface area contributed by atoms with Crippen molar-refractivity contribution in [1.29, 1.82) is 0 Å². The van der Waals surface area contributed by atoms with Crippen LogP contribution in [0.3, 0.4) is 0 Å². The molecule has 2 aromatic rings. The molecule has 1 aromatic carbocycles. The molecule has 0 N–H and O–H groups in total. The van der Waals surface area contributed by atoms with Crippen LogP contribution in [0.2, 0.25) is 0 Å². The molecule has 0 aliphatic rings. The monoisotopic (exact) mass is 263 g/mol. The van der Waals surface area contributed by atoms with Crippen molar-refractivity contribution in [2.24, 2.45) is 0 Å². The molecule has 0 saturated carbocycles. The first kappa shape index (κ1) is 12.7. The van der Waals surface area contributed by atoms with Crippen molar-refractivity contribution >= 4 is 24.0 Å². The zero-order chi connectivity index (χ0) is 12.4. The van der Waals surface area contributed by atoms with E-state index in [1.165, 1.54) is 16.7 Å². The third kappa shape index (κ3) is 2.72. The number of hydrogen-bond donors (Lipinski definition) is 1. The number of thiazole rings is 1. The summed E-state index contributed by atoms with van der Waals surface area (Å²) in [5, 5.41) is 3.20. The minimum absolute atomic E-state index is 0.553. The molecule has 17 heavy (non-hydrogen) atoms. The molecule has 0 amide bonds. The summed E-state index contributed by atoms with van der Waals surface area (Å²) in [6.45, 7) is 6.57. The average molecular weight is 263 g/mol. The Bertz CT molecular complexity index is 515. The van der Waals surface area contributed by atoms with Crippen molar-refractivity contribution in [2.75, 3.05) is 0 Å². The summed E-state index contributed by atoms with van der Waals surface area (Å²) >= 11 is 5.94. The Balaban J connectivity index is 2.46. The minimum Gasteiger partial charge on any atom is -0.240 e. The van der Waals surface area contributed by atoms with E-state index in [-0.39, 0.29) is 0 Å². The molecule has 0 atom stereocenters. The topological polar surface area (TPSA) is 12.9 Å². The highest BCUT2D eigenvalue weighted by molar-refractivity contribution is 7.79. The lowest BCUT2D eigenvalue weighted by Gasteiger charge is -2.09. The van der Waals surface area contributed by atoms with Crippen molar-refractivity contribution in [2.45, 2.75) is 32.4 Å². The van der Waals surface area contributed by atoms with Gasteiger partial charge in [-0.2, -0.15) is 12.6 Å². The Morgan fingerprint density at radius 3 is 2.71 bits per heavy atom. The van der Waals surface area contributed by atoms with Gasteiger partial charge in [0.15, 0.2) is 0 Å². The van der Waals surface area contributed by atoms with E-state index in [9.17, 15) is 0 Å². The van der Waals surface area contributed by atoms with Gasteiger partial charge in [0.1, 0.15) is 5.01 Å². The molecule has 1 nitrogen and oxygen atoms in total. The smallest absolute Gasteiger partial charge is 0.103 e. The third-order valence-corrected chi connectivity index (χ3v) is 4.25. The third-order valence-electron chi connectivity index (χ3n) is 2.89. The second-order valence-electron chi connectivity index (χ2n) is 4.51. The summed E-state index contributed by atoms with van der Waals surface area (Å²) in [6, 6.07) is 6.65. The van der Waals surface area contributed by atoms with Gasteiger partial charge in [0.05, 0.1) is 5.69 Å². The summed E-state index contributed by atoms with van der Waals surface area (Å²) in [7, 11) is 0.